The topological polar surface area (TPSA) is 69.6 Å². The summed E-state index contributed by atoms with van der Waals surface area (Å²) in [4.78, 5) is 9.26. The number of para-hydroxylation sites is 1. The summed E-state index contributed by atoms with van der Waals surface area (Å²) < 4.78 is 0. The van der Waals surface area contributed by atoms with E-state index < -0.39 is 6.09 Å². The van der Waals surface area contributed by atoms with Gasteiger partial charge in [-0.05, 0) is 12.5 Å². The predicted molar refractivity (Wildman–Crippen MR) is 67.2 cm³/mol. The number of thiol groups is 1. The third-order valence-electron chi connectivity index (χ3n) is 1.90. The number of phenols is 1. The van der Waals surface area contributed by atoms with E-state index in [1.165, 1.54) is 7.05 Å². The van der Waals surface area contributed by atoms with Gasteiger partial charge in [0.2, 0.25) is 0 Å². The van der Waals surface area contributed by atoms with E-state index in [0.717, 1.165) is 12.0 Å². The first-order chi connectivity index (χ1) is 7.52. The molecule has 0 saturated heterocycles. The Morgan fingerprint density at radius 2 is 2.00 bits per heavy atom. The second kappa shape index (κ2) is 7.87. The summed E-state index contributed by atoms with van der Waals surface area (Å²) in [5.41, 5.74) is 0.915. The Labute approximate surface area is 101 Å². The largest absolute Gasteiger partial charge is 0.508 e. The number of nitrogens with one attached hydrogen (secondary N) is 1. The van der Waals surface area contributed by atoms with Crippen LogP contribution in [0.25, 0.3) is 0 Å². The highest BCUT2D eigenvalue weighted by molar-refractivity contribution is 7.80. The summed E-state index contributed by atoms with van der Waals surface area (Å²) >= 11 is 4.33. The van der Waals surface area contributed by atoms with Crippen LogP contribution in [0.5, 0.6) is 5.75 Å². The van der Waals surface area contributed by atoms with Crippen LogP contribution in [-0.4, -0.2) is 23.4 Å². The monoisotopic (exact) mass is 243 g/mol. The number of carbonyl (C=O) groups is 1. The van der Waals surface area contributed by atoms with Crippen LogP contribution < -0.4 is 5.32 Å². The lowest BCUT2D eigenvalue weighted by molar-refractivity contribution is 0.197. The molecule has 1 unspecified atom stereocenters. The molecule has 0 bridgehead atoms. The zero-order chi connectivity index (χ0) is 12.6. The maximum Gasteiger partial charge on any atom is 0.404 e. The van der Waals surface area contributed by atoms with Crippen molar-refractivity contribution in [3.05, 3.63) is 29.8 Å². The van der Waals surface area contributed by atoms with Crippen molar-refractivity contribution in [2.24, 2.45) is 0 Å². The molecule has 4 nitrogen and oxygen atoms in total. The predicted octanol–water partition coefficient (Wildman–Crippen LogP) is 2.66. The summed E-state index contributed by atoms with van der Waals surface area (Å²) in [6.45, 7) is 2.05. The molecule has 0 fully saturated rings. The number of benzene rings is 1. The molecule has 0 radical (unpaired) electrons. The standard InChI is InChI=1S/C9H12OS.C2H5NO2/c1-2-9(11)7-5-3-4-6-8(7)10;1-3-2(4)5/h3-6,9-11H,2H2,1H3;3H,1H3,(H,4,5). The van der Waals surface area contributed by atoms with Crippen molar-refractivity contribution < 1.29 is 15.0 Å². The van der Waals surface area contributed by atoms with Crippen LogP contribution in [0.3, 0.4) is 0 Å². The highest BCUT2D eigenvalue weighted by Gasteiger charge is 2.06. The summed E-state index contributed by atoms with van der Waals surface area (Å²) in [7, 11) is 1.35. The number of hydrogen-bond acceptors (Lipinski definition) is 3. The van der Waals surface area contributed by atoms with Crippen LogP contribution in [0.1, 0.15) is 24.2 Å². The van der Waals surface area contributed by atoms with Crippen LogP contribution >= 0.6 is 12.6 Å². The van der Waals surface area contributed by atoms with Gasteiger partial charge in [0.15, 0.2) is 0 Å². The van der Waals surface area contributed by atoms with E-state index in [-0.39, 0.29) is 5.25 Å². The van der Waals surface area contributed by atoms with Gasteiger partial charge in [-0.2, -0.15) is 12.6 Å². The number of hydrogen-bond donors (Lipinski definition) is 4. The Hall–Kier alpha value is -1.36. The van der Waals surface area contributed by atoms with Gasteiger partial charge in [0, 0.05) is 17.9 Å². The molecular weight excluding hydrogens is 226 g/mol. The number of rotatable bonds is 2. The lowest BCUT2D eigenvalue weighted by Gasteiger charge is -2.08. The van der Waals surface area contributed by atoms with E-state index in [0.29, 0.717) is 5.75 Å². The van der Waals surface area contributed by atoms with Crippen LogP contribution in [0, 0.1) is 0 Å². The molecule has 90 valence electrons. The minimum absolute atomic E-state index is 0.149. The van der Waals surface area contributed by atoms with Crippen LogP contribution in [0.15, 0.2) is 24.3 Å². The first-order valence-corrected chi connectivity index (χ1v) is 5.41. The average molecular weight is 243 g/mol. The van der Waals surface area contributed by atoms with Crippen molar-refractivity contribution >= 4 is 18.7 Å². The molecule has 0 aliphatic heterocycles. The zero-order valence-corrected chi connectivity index (χ0v) is 10.2. The Morgan fingerprint density at radius 1 is 1.50 bits per heavy atom. The van der Waals surface area contributed by atoms with Gasteiger partial charge >= 0.3 is 6.09 Å². The molecule has 1 aromatic carbocycles. The molecule has 0 heterocycles. The van der Waals surface area contributed by atoms with Gasteiger partial charge in [-0.3, -0.25) is 0 Å². The van der Waals surface area contributed by atoms with Crippen molar-refractivity contribution in [2.75, 3.05) is 7.05 Å². The van der Waals surface area contributed by atoms with E-state index in [2.05, 4.69) is 12.6 Å². The second-order valence-corrected chi connectivity index (χ2v) is 3.66. The molecule has 1 aromatic rings. The van der Waals surface area contributed by atoms with Gasteiger partial charge in [-0.15, -0.1) is 0 Å². The van der Waals surface area contributed by atoms with Crippen LogP contribution in [-0.2, 0) is 0 Å². The summed E-state index contributed by atoms with van der Waals surface area (Å²) in [5.74, 6) is 0.342. The van der Waals surface area contributed by atoms with Crippen molar-refractivity contribution in [1.29, 1.82) is 0 Å². The fourth-order valence-electron chi connectivity index (χ4n) is 0.989. The van der Waals surface area contributed by atoms with E-state index in [1.54, 1.807) is 6.07 Å². The number of aromatic hydroxyl groups is 1. The molecular formula is C11H17NO3S. The Morgan fingerprint density at radius 3 is 2.38 bits per heavy atom. The van der Waals surface area contributed by atoms with Crippen molar-refractivity contribution in [3.63, 3.8) is 0 Å². The Balaban J connectivity index is 0.000000385. The van der Waals surface area contributed by atoms with Gasteiger partial charge in [-0.25, -0.2) is 4.79 Å². The van der Waals surface area contributed by atoms with Gasteiger partial charge in [0.25, 0.3) is 0 Å². The van der Waals surface area contributed by atoms with Crippen molar-refractivity contribution in [3.8, 4) is 5.75 Å². The van der Waals surface area contributed by atoms with E-state index in [9.17, 15) is 9.90 Å². The molecule has 5 heteroatoms. The summed E-state index contributed by atoms with van der Waals surface area (Å²) in [6.07, 6.45) is -0.0641. The fraction of sp³-hybridized carbons (Fsp3) is 0.364. The first-order valence-electron chi connectivity index (χ1n) is 4.89. The molecule has 1 rings (SSSR count). The first kappa shape index (κ1) is 14.6. The maximum atomic E-state index is 9.36. The molecule has 0 spiro atoms. The van der Waals surface area contributed by atoms with Gasteiger partial charge in [-0.1, -0.05) is 25.1 Å². The van der Waals surface area contributed by atoms with Crippen LogP contribution in [0.2, 0.25) is 0 Å². The molecule has 0 aliphatic rings. The van der Waals surface area contributed by atoms with E-state index in [4.69, 9.17) is 5.11 Å². The van der Waals surface area contributed by atoms with E-state index >= 15 is 0 Å². The summed E-state index contributed by atoms with van der Waals surface area (Å²) in [6, 6.07) is 7.31. The average Bonchev–Trinajstić information content (AvgIpc) is 2.29. The molecule has 16 heavy (non-hydrogen) atoms. The smallest absolute Gasteiger partial charge is 0.404 e. The van der Waals surface area contributed by atoms with Gasteiger partial charge < -0.3 is 15.5 Å². The molecule has 0 aromatic heterocycles. The maximum absolute atomic E-state index is 9.36. The van der Waals surface area contributed by atoms with Gasteiger partial charge in [0.1, 0.15) is 5.75 Å². The molecule has 0 aliphatic carbocycles. The SMILES string of the molecule is CCC(S)c1ccccc1O.CNC(=O)O. The highest BCUT2D eigenvalue weighted by atomic mass is 32.1. The third kappa shape index (κ3) is 5.50. The molecule has 0 saturated carbocycles. The second-order valence-electron chi connectivity index (χ2n) is 3.04. The molecule has 3 N–H and O–H groups in total. The van der Waals surface area contributed by atoms with Crippen molar-refractivity contribution in [1.82, 2.24) is 5.32 Å². The van der Waals surface area contributed by atoms with Crippen LogP contribution in [0.4, 0.5) is 4.79 Å². The normalized spacial score (nSPS) is 10.9. The quantitative estimate of drug-likeness (QED) is 0.604. The Bertz CT molecular complexity index is 331. The van der Waals surface area contributed by atoms with E-state index in [1.807, 2.05) is 30.4 Å². The number of phenolic OH excluding ortho intramolecular Hbond substituents is 1. The third-order valence-corrected chi connectivity index (χ3v) is 2.54. The number of carboxylic acid groups (broad SMARTS) is 1. The lowest BCUT2D eigenvalue weighted by atomic mass is 10.1. The fourth-order valence-corrected chi connectivity index (χ4v) is 1.21. The van der Waals surface area contributed by atoms with Gasteiger partial charge in [0.05, 0.1) is 0 Å². The molecule has 1 amide bonds. The Kier molecular flexibility index (Phi) is 7.20. The minimum Gasteiger partial charge on any atom is -0.508 e. The van der Waals surface area contributed by atoms with Crippen molar-refractivity contribution in [2.45, 2.75) is 18.6 Å². The minimum atomic E-state index is -0.995. The lowest BCUT2D eigenvalue weighted by Crippen LogP contribution is -2.13. The summed E-state index contributed by atoms with van der Waals surface area (Å²) in [5, 5.41) is 19.1. The molecule has 1 atom stereocenters. The number of amides is 1. The highest BCUT2D eigenvalue weighted by Crippen LogP contribution is 2.29. The zero-order valence-electron chi connectivity index (χ0n) is 9.34.